The number of aliphatic hydroxyl groups is 1. The lowest BCUT2D eigenvalue weighted by molar-refractivity contribution is -0.119. The third-order valence-electron chi connectivity index (χ3n) is 10.2. The van der Waals surface area contributed by atoms with Crippen molar-refractivity contribution in [1.29, 1.82) is 0 Å². The van der Waals surface area contributed by atoms with Crippen LogP contribution in [0.15, 0.2) is 29.8 Å². The minimum absolute atomic E-state index is 0.0778. The summed E-state index contributed by atoms with van der Waals surface area (Å²) in [5, 5.41) is 11.5. The summed E-state index contributed by atoms with van der Waals surface area (Å²) < 4.78 is 0. The van der Waals surface area contributed by atoms with Crippen LogP contribution in [0.3, 0.4) is 0 Å². The fraction of sp³-hybridized carbons (Fsp3) is 0.714. The first kappa shape index (κ1) is 20.6. The molecule has 30 heavy (non-hydrogen) atoms. The highest BCUT2D eigenvalue weighted by molar-refractivity contribution is 5.59. The van der Waals surface area contributed by atoms with Crippen LogP contribution in [0, 0.1) is 34.5 Å². The van der Waals surface area contributed by atoms with Gasteiger partial charge in [-0.05, 0) is 97.3 Å². The van der Waals surface area contributed by atoms with Crippen LogP contribution in [0.5, 0.6) is 0 Å². The number of hydrogen-bond donors (Lipinski definition) is 1. The van der Waals surface area contributed by atoms with Crippen LogP contribution in [0.25, 0.3) is 6.08 Å². The molecule has 0 spiro atoms. The quantitative estimate of drug-likeness (QED) is 0.602. The molecule has 2 nitrogen and oxygen atoms in total. The van der Waals surface area contributed by atoms with Gasteiger partial charge in [0.15, 0.2) is 0 Å². The van der Waals surface area contributed by atoms with Gasteiger partial charge in [-0.1, -0.05) is 44.9 Å². The van der Waals surface area contributed by atoms with Crippen LogP contribution < -0.4 is 4.90 Å². The normalized spacial score (nSPS) is 44.3. The van der Waals surface area contributed by atoms with Crippen LogP contribution in [0.1, 0.15) is 77.2 Å². The molecule has 1 N–H and O–H groups in total. The van der Waals surface area contributed by atoms with Crippen molar-refractivity contribution < 1.29 is 5.11 Å². The number of benzene rings is 1. The largest absolute Gasteiger partial charge is 0.388 e. The molecule has 4 aliphatic rings. The average molecular weight is 408 g/mol. The van der Waals surface area contributed by atoms with Gasteiger partial charge in [-0.15, -0.1) is 0 Å². The summed E-state index contributed by atoms with van der Waals surface area (Å²) in [6, 6.07) is 8.78. The molecule has 0 amide bonds. The minimum Gasteiger partial charge on any atom is -0.388 e. The summed E-state index contributed by atoms with van der Waals surface area (Å²) in [7, 11) is 4.16. The van der Waals surface area contributed by atoms with Crippen molar-refractivity contribution in [3.8, 4) is 0 Å². The maximum atomic E-state index is 11.5. The van der Waals surface area contributed by atoms with E-state index in [4.69, 9.17) is 0 Å². The minimum atomic E-state index is -0.270. The molecule has 0 saturated heterocycles. The number of hydrogen-bond acceptors (Lipinski definition) is 2. The van der Waals surface area contributed by atoms with E-state index in [1.807, 2.05) is 0 Å². The van der Waals surface area contributed by atoms with Gasteiger partial charge >= 0.3 is 0 Å². The van der Waals surface area contributed by atoms with E-state index in [0.717, 1.165) is 24.2 Å². The molecule has 0 radical (unpaired) electrons. The van der Waals surface area contributed by atoms with Gasteiger partial charge in [0.05, 0.1) is 6.10 Å². The van der Waals surface area contributed by atoms with Crippen molar-refractivity contribution in [2.75, 3.05) is 19.0 Å². The lowest BCUT2D eigenvalue weighted by atomic mass is 9.45. The van der Waals surface area contributed by atoms with Crippen LogP contribution in [-0.2, 0) is 0 Å². The van der Waals surface area contributed by atoms with E-state index in [0.29, 0.717) is 11.3 Å². The predicted molar refractivity (Wildman–Crippen MR) is 126 cm³/mol. The molecule has 1 aromatic rings. The Morgan fingerprint density at radius 3 is 2.40 bits per heavy atom. The highest BCUT2D eigenvalue weighted by atomic mass is 16.3. The first-order valence-electron chi connectivity index (χ1n) is 12.5. The zero-order chi connectivity index (χ0) is 21.1. The van der Waals surface area contributed by atoms with Crippen LogP contribution in [0.4, 0.5) is 5.69 Å². The lowest BCUT2D eigenvalue weighted by Crippen LogP contribution is -2.53. The van der Waals surface area contributed by atoms with Crippen molar-refractivity contribution in [2.45, 2.75) is 77.7 Å². The Balaban J connectivity index is 1.41. The molecule has 7 atom stereocenters. The topological polar surface area (TPSA) is 23.5 Å². The zero-order valence-corrected chi connectivity index (χ0v) is 19.5. The molecule has 0 unspecified atom stereocenters. The summed E-state index contributed by atoms with van der Waals surface area (Å²) in [6.45, 7) is 5.05. The van der Waals surface area contributed by atoms with Gasteiger partial charge in [0, 0.05) is 25.2 Å². The Labute approximate surface area is 183 Å². The number of rotatable bonds is 2. The molecule has 1 aromatic carbocycles. The Morgan fingerprint density at radius 2 is 1.67 bits per heavy atom. The molecule has 0 aromatic heterocycles. The SMILES string of the molecule is CN(C)c1ccc(/C=C2\C[C@@H]3[C@@H]4CC[C@@H]5CCCC[C@]5(C)[C@H]4CC[C@]3(C)[C@@H]2O)cc1. The number of aliphatic hydroxyl groups excluding tert-OH is 1. The zero-order valence-electron chi connectivity index (χ0n) is 19.5. The molecule has 0 bridgehead atoms. The first-order chi connectivity index (χ1) is 14.3. The van der Waals surface area contributed by atoms with Crippen LogP contribution in [-0.4, -0.2) is 25.3 Å². The maximum Gasteiger partial charge on any atom is 0.0809 e. The van der Waals surface area contributed by atoms with Gasteiger partial charge in [-0.25, -0.2) is 0 Å². The van der Waals surface area contributed by atoms with Gasteiger partial charge in [-0.3, -0.25) is 0 Å². The number of anilines is 1. The van der Waals surface area contributed by atoms with E-state index in [1.54, 1.807) is 0 Å². The molecule has 4 fully saturated rings. The van der Waals surface area contributed by atoms with Crippen molar-refractivity contribution >= 4 is 11.8 Å². The van der Waals surface area contributed by atoms with Gasteiger partial charge < -0.3 is 10.0 Å². The molecule has 4 saturated carbocycles. The van der Waals surface area contributed by atoms with Crippen molar-refractivity contribution in [1.82, 2.24) is 0 Å². The Hall–Kier alpha value is -1.28. The van der Waals surface area contributed by atoms with E-state index in [-0.39, 0.29) is 11.5 Å². The third kappa shape index (κ3) is 3.08. The highest BCUT2D eigenvalue weighted by Gasteiger charge is 2.60. The predicted octanol–water partition coefficient (Wildman–Crippen LogP) is 6.54. The highest BCUT2D eigenvalue weighted by Crippen LogP contribution is 2.67. The van der Waals surface area contributed by atoms with Gasteiger partial charge in [-0.2, -0.15) is 0 Å². The fourth-order valence-corrected chi connectivity index (χ4v) is 8.38. The second-order valence-electron chi connectivity index (χ2n) is 11.8. The van der Waals surface area contributed by atoms with Crippen molar-refractivity contribution in [3.05, 3.63) is 35.4 Å². The molecular formula is C28H41NO. The fourth-order valence-electron chi connectivity index (χ4n) is 8.38. The molecule has 5 rings (SSSR count). The monoisotopic (exact) mass is 407 g/mol. The van der Waals surface area contributed by atoms with E-state index in [2.05, 4.69) is 63.2 Å². The van der Waals surface area contributed by atoms with Crippen molar-refractivity contribution in [3.63, 3.8) is 0 Å². The third-order valence-corrected chi connectivity index (χ3v) is 10.2. The summed E-state index contributed by atoms with van der Waals surface area (Å²) in [5.41, 5.74) is 4.40. The van der Waals surface area contributed by atoms with Crippen LogP contribution in [0.2, 0.25) is 0 Å². The number of nitrogens with zero attached hydrogens (tertiary/aromatic N) is 1. The Bertz CT molecular complexity index is 810. The second kappa shape index (κ2) is 7.40. The van der Waals surface area contributed by atoms with E-state index in [9.17, 15) is 5.11 Å². The first-order valence-corrected chi connectivity index (χ1v) is 12.5. The second-order valence-corrected chi connectivity index (χ2v) is 11.8. The summed E-state index contributed by atoms with van der Waals surface area (Å²) in [6.07, 6.45) is 14.3. The number of fused-ring (bicyclic) bond motifs is 5. The standard InChI is InChI=1S/C28H41NO/c1-27-15-6-5-7-21(27)10-13-23-24(27)14-16-28(2)25(23)18-20(26(28)30)17-19-8-11-22(12-9-19)29(3)4/h8-9,11-12,17,21,23-26,30H,5-7,10,13-16,18H2,1-4H3/b20-17+/t21-,23+,24-,25+,26+,27-,28-/m0/s1. The lowest BCUT2D eigenvalue weighted by Gasteiger charge is -2.60. The van der Waals surface area contributed by atoms with Crippen LogP contribution >= 0.6 is 0 Å². The van der Waals surface area contributed by atoms with Crippen molar-refractivity contribution in [2.24, 2.45) is 34.5 Å². The van der Waals surface area contributed by atoms with E-state index < -0.39 is 0 Å². The Morgan fingerprint density at radius 1 is 0.900 bits per heavy atom. The molecule has 2 heteroatoms. The summed E-state index contributed by atoms with van der Waals surface area (Å²) >= 11 is 0. The molecule has 164 valence electrons. The smallest absolute Gasteiger partial charge is 0.0809 e. The van der Waals surface area contributed by atoms with Gasteiger partial charge in [0.25, 0.3) is 0 Å². The molecule has 4 aliphatic carbocycles. The molecule has 0 aliphatic heterocycles. The van der Waals surface area contributed by atoms with Gasteiger partial charge in [0.1, 0.15) is 0 Å². The average Bonchev–Trinajstić information content (AvgIpc) is 2.98. The van der Waals surface area contributed by atoms with Gasteiger partial charge in [0.2, 0.25) is 0 Å². The molecule has 0 heterocycles. The molecular weight excluding hydrogens is 366 g/mol. The summed E-state index contributed by atoms with van der Waals surface area (Å²) in [5.74, 6) is 3.34. The van der Waals surface area contributed by atoms with E-state index >= 15 is 0 Å². The van der Waals surface area contributed by atoms with E-state index in [1.165, 1.54) is 68.2 Å². The summed E-state index contributed by atoms with van der Waals surface area (Å²) in [4.78, 5) is 2.14. The Kier molecular flexibility index (Phi) is 5.08. The maximum absolute atomic E-state index is 11.5.